The number of thiazole rings is 1. The van der Waals surface area contributed by atoms with Crippen molar-refractivity contribution in [3.05, 3.63) is 40.4 Å². The van der Waals surface area contributed by atoms with Gasteiger partial charge in [0.15, 0.2) is 10.8 Å². The topological polar surface area (TPSA) is 89.3 Å². The smallest absolute Gasteiger partial charge is 0.273 e. The molecule has 148 valence electrons. The van der Waals surface area contributed by atoms with Gasteiger partial charge in [0.2, 0.25) is 5.91 Å². The highest BCUT2D eigenvalue weighted by Crippen LogP contribution is 2.26. The van der Waals surface area contributed by atoms with E-state index in [9.17, 15) is 9.59 Å². The fourth-order valence-electron chi connectivity index (χ4n) is 2.84. The second kappa shape index (κ2) is 8.39. The Kier molecular flexibility index (Phi) is 5.93. The van der Waals surface area contributed by atoms with Gasteiger partial charge < -0.3 is 15.0 Å². The van der Waals surface area contributed by atoms with E-state index in [1.165, 1.54) is 22.2 Å². The molecule has 2 aromatic heterocycles. The average molecular weight is 401 g/mol. The zero-order chi connectivity index (χ0) is 20.3. The van der Waals surface area contributed by atoms with Crippen molar-refractivity contribution in [2.75, 3.05) is 30.4 Å². The van der Waals surface area contributed by atoms with Gasteiger partial charge >= 0.3 is 0 Å². The first kappa shape index (κ1) is 19.8. The Labute approximate surface area is 166 Å². The van der Waals surface area contributed by atoms with E-state index in [4.69, 9.17) is 4.74 Å². The number of hydrogen-bond acceptors (Lipinski definition) is 7. The standard InChI is InChI=1S/C19H23N5O3S/c1-5-23(6-2)19-22-17-16(28-19)18(26)24(11-20-17)10-15(25)21-13-9-12(3)7-8-14(13)27-4/h7-9,11H,5-6,10H2,1-4H3,(H,21,25). The van der Waals surface area contributed by atoms with Gasteiger partial charge in [-0.1, -0.05) is 17.4 Å². The van der Waals surface area contributed by atoms with Crippen LogP contribution in [-0.2, 0) is 11.3 Å². The number of anilines is 2. The van der Waals surface area contributed by atoms with Crippen LogP contribution in [0.2, 0.25) is 0 Å². The van der Waals surface area contributed by atoms with Crippen LogP contribution >= 0.6 is 11.3 Å². The van der Waals surface area contributed by atoms with E-state index in [1.54, 1.807) is 13.2 Å². The van der Waals surface area contributed by atoms with Crippen LogP contribution in [0.15, 0.2) is 29.3 Å². The van der Waals surface area contributed by atoms with Crippen molar-refractivity contribution in [3.63, 3.8) is 0 Å². The lowest BCUT2D eigenvalue weighted by atomic mass is 10.2. The summed E-state index contributed by atoms with van der Waals surface area (Å²) >= 11 is 1.30. The minimum absolute atomic E-state index is 0.141. The summed E-state index contributed by atoms with van der Waals surface area (Å²) in [5, 5.41) is 3.56. The summed E-state index contributed by atoms with van der Waals surface area (Å²) in [4.78, 5) is 36.0. The molecular weight excluding hydrogens is 378 g/mol. The molecule has 28 heavy (non-hydrogen) atoms. The Morgan fingerprint density at radius 3 is 2.75 bits per heavy atom. The highest BCUT2D eigenvalue weighted by molar-refractivity contribution is 7.22. The van der Waals surface area contributed by atoms with Gasteiger partial charge in [0, 0.05) is 13.1 Å². The Balaban J connectivity index is 1.84. The molecule has 0 fully saturated rings. The number of ether oxygens (including phenoxy) is 1. The summed E-state index contributed by atoms with van der Waals surface area (Å²) in [6.07, 6.45) is 1.36. The SMILES string of the molecule is CCN(CC)c1nc2ncn(CC(=O)Nc3cc(C)ccc3OC)c(=O)c2s1. The largest absolute Gasteiger partial charge is 0.495 e. The number of benzene rings is 1. The van der Waals surface area contributed by atoms with Gasteiger partial charge in [-0.05, 0) is 38.5 Å². The molecule has 2 heterocycles. The lowest BCUT2D eigenvalue weighted by Gasteiger charge is -2.15. The number of hydrogen-bond donors (Lipinski definition) is 1. The molecule has 1 aromatic carbocycles. The molecule has 0 atom stereocenters. The van der Waals surface area contributed by atoms with Gasteiger partial charge in [-0.3, -0.25) is 14.2 Å². The molecule has 1 amide bonds. The number of rotatable bonds is 7. The van der Waals surface area contributed by atoms with Crippen LogP contribution in [-0.4, -0.2) is 40.6 Å². The lowest BCUT2D eigenvalue weighted by Crippen LogP contribution is -2.27. The molecule has 0 aliphatic heterocycles. The Bertz CT molecular complexity index is 1060. The highest BCUT2D eigenvalue weighted by atomic mass is 32.1. The zero-order valence-electron chi connectivity index (χ0n) is 16.4. The number of amides is 1. The molecule has 3 rings (SSSR count). The second-order valence-electron chi connectivity index (χ2n) is 6.25. The molecule has 1 N–H and O–H groups in total. The van der Waals surface area contributed by atoms with Crippen LogP contribution in [0, 0.1) is 6.92 Å². The number of aromatic nitrogens is 3. The monoisotopic (exact) mass is 401 g/mol. The molecule has 0 saturated carbocycles. The van der Waals surface area contributed by atoms with Crippen LogP contribution < -0.4 is 20.5 Å². The van der Waals surface area contributed by atoms with E-state index in [-0.39, 0.29) is 18.0 Å². The third kappa shape index (κ3) is 3.99. The normalized spacial score (nSPS) is 10.9. The maximum absolute atomic E-state index is 12.8. The predicted octanol–water partition coefficient (Wildman–Crippen LogP) is 2.65. The summed E-state index contributed by atoms with van der Waals surface area (Å²) in [6.45, 7) is 7.44. The van der Waals surface area contributed by atoms with Gasteiger partial charge in [-0.2, -0.15) is 4.98 Å². The summed E-state index contributed by atoms with van der Waals surface area (Å²) in [7, 11) is 1.54. The zero-order valence-corrected chi connectivity index (χ0v) is 17.2. The molecule has 0 aliphatic rings. The summed E-state index contributed by atoms with van der Waals surface area (Å²) in [5.41, 5.74) is 1.70. The van der Waals surface area contributed by atoms with Gasteiger partial charge in [0.1, 0.15) is 23.3 Å². The number of nitrogens with zero attached hydrogens (tertiary/aromatic N) is 4. The van der Waals surface area contributed by atoms with Crippen molar-refractivity contribution in [2.24, 2.45) is 0 Å². The van der Waals surface area contributed by atoms with Crippen LogP contribution in [0.5, 0.6) is 5.75 Å². The number of fused-ring (bicyclic) bond motifs is 1. The third-order valence-electron chi connectivity index (χ3n) is 4.35. The van der Waals surface area contributed by atoms with E-state index < -0.39 is 0 Å². The number of carbonyl (C=O) groups excluding carboxylic acids is 1. The van der Waals surface area contributed by atoms with Crippen molar-refractivity contribution < 1.29 is 9.53 Å². The molecule has 0 bridgehead atoms. The average Bonchev–Trinajstić information content (AvgIpc) is 3.10. The molecule has 0 unspecified atom stereocenters. The summed E-state index contributed by atoms with van der Waals surface area (Å²) in [5.74, 6) is 0.229. The minimum Gasteiger partial charge on any atom is -0.495 e. The van der Waals surface area contributed by atoms with E-state index >= 15 is 0 Å². The lowest BCUT2D eigenvalue weighted by molar-refractivity contribution is -0.116. The van der Waals surface area contributed by atoms with Gasteiger partial charge in [0.25, 0.3) is 5.56 Å². The Morgan fingerprint density at radius 2 is 2.07 bits per heavy atom. The van der Waals surface area contributed by atoms with Crippen LogP contribution in [0.25, 0.3) is 10.3 Å². The van der Waals surface area contributed by atoms with E-state index in [0.29, 0.717) is 21.8 Å². The number of aryl methyl sites for hydroxylation is 1. The quantitative estimate of drug-likeness (QED) is 0.655. The number of carbonyl (C=O) groups is 1. The van der Waals surface area contributed by atoms with Gasteiger partial charge in [-0.15, -0.1) is 0 Å². The summed E-state index contributed by atoms with van der Waals surface area (Å²) < 4.78 is 7.02. The fraction of sp³-hybridized carbons (Fsp3) is 0.368. The molecular formula is C19H23N5O3S. The van der Waals surface area contributed by atoms with Gasteiger partial charge in [0.05, 0.1) is 12.8 Å². The van der Waals surface area contributed by atoms with Crippen molar-refractivity contribution >= 4 is 38.4 Å². The van der Waals surface area contributed by atoms with Gasteiger partial charge in [-0.25, -0.2) is 4.98 Å². The number of methoxy groups -OCH3 is 1. The maximum Gasteiger partial charge on any atom is 0.273 e. The molecule has 0 aliphatic carbocycles. The predicted molar refractivity (Wildman–Crippen MR) is 112 cm³/mol. The molecule has 9 heteroatoms. The first-order valence-corrected chi connectivity index (χ1v) is 9.83. The summed E-state index contributed by atoms with van der Waals surface area (Å²) in [6, 6.07) is 5.51. The maximum atomic E-state index is 12.8. The molecule has 0 spiro atoms. The Hall–Kier alpha value is -2.94. The first-order chi connectivity index (χ1) is 13.5. The minimum atomic E-state index is -0.333. The van der Waals surface area contributed by atoms with Crippen LogP contribution in [0.1, 0.15) is 19.4 Å². The van der Waals surface area contributed by atoms with E-state index in [0.717, 1.165) is 23.8 Å². The van der Waals surface area contributed by atoms with E-state index in [2.05, 4.69) is 20.2 Å². The van der Waals surface area contributed by atoms with Crippen molar-refractivity contribution in [3.8, 4) is 5.75 Å². The van der Waals surface area contributed by atoms with Crippen LogP contribution in [0.3, 0.4) is 0 Å². The molecule has 0 saturated heterocycles. The highest BCUT2D eigenvalue weighted by Gasteiger charge is 2.16. The fourth-order valence-corrected chi connectivity index (χ4v) is 3.94. The van der Waals surface area contributed by atoms with Crippen LogP contribution in [0.4, 0.5) is 10.8 Å². The van der Waals surface area contributed by atoms with Crippen molar-refractivity contribution in [1.29, 1.82) is 0 Å². The molecule has 0 radical (unpaired) electrons. The van der Waals surface area contributed by atoms with Crippen molar-refractivity contribution in [2.45, 2.75) is 27.3 Å². The van der Waals surface area contributed by atoms with Crippen molar-refractivity contribution in [1.82, 2.24) is 14.5 Å². The first-order valence-electron chi connectivity index (χ1n) is 9.02. The molecule has 8 nitrogen and oxygen atoms in total. The van der Waals surface area contributed by atoms with E-state index in [1.807, 2.05) is 32.9 Å². The number of nitrogens with one attached hydrogen (secondary N) is 1. The third-order valence-corrected chi connectivity index (χ3v) is 5.44. The Morgan fingerprint density at radius 1 is 1.32 bits per heavy atom. The second-order valence-corrected chi connectivity index (χ2v) is 7.23. The molecule has 3 aromatic rings.